The highest BCUT2D eigenvalue weighted by Gasteiger charge is 2.11. The molecular weight excluding hydrogens is 313 g/mol. The molecule has 0 saturated carbocycles. The number of hydrogen-bond donors (Lipinski definition) is 1. The van der Waals surface area contributed by atoms with Crippen LogP contribution in [0.5, 0.6) is 0 Å². The van der Waals surface area contributed by atoms with Gasteiger partial charge >= 0.3 is 0 Å². The summed E-state index contributed by atoms with van der Waals surface area (Å²) in [5, 5.41) is 0.691. The maximum Gasteiger partial charge on any atom is 0.159 e. The molecule has 2 aromatic carbocycles. The van der Waals surface area contributed by atoms with Gasteiger partial charge in [-0.2, -0.15) is 0 Å². The molecule has 1 heterocycles. The summed E-state index contributed by atoms with van der Waals surface area (Å²) < 4.78 is 13.7. The van der Waals surface area contributed by atoms with Gasteiger partial charge in [0, 0.05) is 5.02 Å². The second kappa shape index (κ2) is 5.48. The zero-order valence-electron chi connectivity index (χ0n) is 10.2. The Kier molecular flexibility index (Phi) is 3.70. The monoisotopic (exact) mass is 321 g/mol. The fourth-order valence-corrected chi connectivity index (χ4v) is 3.29. The smallest absolute Gasteiger partial charge is 0.159 e. The van der Waals surface area contributed by atoms with E-state index in [1.165, 1.54) is 23.5 Å². The molecule has 20 heavy (non-hydrogen) atoms. The highest BCUT2D eigenvalue weighted by atomic mass is 35.5. The minimum absolute atomic E-state index is 0.254. The third-order valence-electron chi connectivity index (χ3n) is 2.89. The first kappa shape index (κ1) is 13.5. The Balaban J connectivity index is 2.15. The van der Waals surface area contributed by atoms with E-state index in [1.807, 2.05) is 24.3 Å². The molecule has 0 radical (unpaired) electrons. The van der Waals surface area contributed by atoms with Crippen molar-refractivity contribution >= 4 is 35.2 Å². The van der Waals surface area contributed by atoms with E-state index in [1.54, 1.807) is 12.1 Å². The summed E-state index contributed by atoms with van der Waals surface area (Å²) in [5.74, 6) is -0.254. The third-order valence-corrected chi connectivity index (χ3v) is 4.42. The van der Waals surface area contributed by atoms with Crippen LogP contribution in [-0.2, 0) is 0 Å². The SMILES string of the molecule is Fc1ccc(-c2[nH]c(=S)sc2-c2ccc(Cl)cc2)cc1. The number of nitrogens with one attached hydrogen (secondary N) is 1. The van der Waals surface area contributed by atoms with Gasteiger partial charge in [0.25, 0.3) is 0 Å². The summed E-state index contributed by atoms with van der Waals surface area (Å²) in [4.78, 5) is 4.20. The zero-order valence-corrected chi connectivity index (χ0v) is 12.6. The molecule has 1 aromatic heterocycles. The Morgan fingerprint density at radius 3 is 2.20 bits per heavy atom. The lowest BCUT2D eigenvalue weighted by atomic mass is 10.1. The number of benzene rings is 2. The van der Waals surface area contributed by atoms with Crippen molar-refractivity contribution in [2.45, 2.75) is 0 Å². The van der Waals surface area contributed by atoms with Crippen molar-refractivity contribution in [3.8, 4) is 21.7 Å². The van der Waals surface area contributed by atoms with Crippen LogP contribution in [0.25, 0.3) is 21.7 Å². The van der Waals surface area contributed by atoms with Crippen molar-refractivity contribution in [1.82, 2.24) is 4.98 Å². The molecule has 3 aromatic rings. The molecule has 0 fully saturated rings. The lowest BCUT2D eigenvalue weighted by molar-refractivity contribution is 0.628. The molecule has 0 aliphatic carbocycles. The average molecular weight is 322 g/mol. The average Bonchev–Trinajstić information content (AvgIpc) is 2.82. The van der Waals surface area contributed by atoms with Crippen LogP contribution in [0.3, 0.4) is 0 Å². The largest absolute Gasteiger partial charge is 0.336 e. The number of hydrogen-bond acceptors (Lipinski definition) is 2. The van der Waals surface area contributed by atoms with Crippen LogP contribution >= 0.6 is 35.2 Å². The second-order valence-corrected chi connectivity index (χ2v) is 6.36. The minimum Gasteiger partial charge on any atom is -0.336 e. The molecule has 1 nitrogen and oxygen atoms in total. The van der Waals surface area contributed by atoms with E-state index < -0.39 is 0 Å². The molecule has 1 N–H and O–H groups in total. The van der Waals surface area contributed by atoms with Gasteiger partial charge in [-0.3, -0.25) is 0 Å². The standard InChI is InChI=1S/C15H9ClFNS2/c16-11-5-1-10(2-6-11)14-13(18-15(19)20-14)9-3-7-12(17)8-4-9/h1-8H,(H,18,19). The normalized spacial score (nSPS) is 10.7. The van der Waals surface area contributed by atoms with Crippen LogP contribution in [0, 0.1) is 9.77 Å². The van der Waals surface area contributed by atoms with Crippen molar-refractivity contribution in [2.75, 3.05) is 0 Å². The highest BCUT2D eigenvalue weighted by molar-refractivity contribution is 7.73. The van der Waals surface area contributed by atoms with E-state index in [9.17, 15) is 4.39 Å². The van der Waals surface area contributed by atoms with Crippen molar-refractivity contribution in [1.29, 1.82) is 0 Å². The summed E-state index contributed by atoms with van der Waals surface area (Å²) in [5.41, 5.74) is 2.84. The number of halogens is 2. The molecule has 0 saturated heterocycles. The van der Waals surface area contributed by atoms with Gasteiger partial charge in [0.2, 0.25) is 0 Å². The van der Waals surface area contributed by atoms with E-state index in [4.69, 9.17) is 23.8 Å². The van der Waals surface area contributed by atoms with Crippen molar-refractivity contribution in [3.63, 3.8) is 0 Å². The third kappa shape index (κ3) is 2.68. The Morgan fingerprint density at radius 2 is 1.55 bits per heavy atom. The Hall–Kier alpha value is -1.49. The minimum atomic E-state index is -0.254. The Morgan fingerprint density at radius 1 is 0.950 bits per heavy atom. The van der Waals surface area contributed by atoms with Crippen LogP contribution in [-0.4, -0.2) is 4.98 Å². The highest BCUT2D eigenvalue weighted by Crippen LogP contribution is 2.35. The van der Waals surface area contributed by atoms with Crippen molar-refractivity contribution in [3.05, 3.63) is 63.3 Å². The second-order valence-electron chi connectivity index (χ2n) is 4.23. The molecule has 0 atom stereocenters. The van der Waals surface area contributed by atoms with Gasteiger partial charge in [-0.05, 0) is 59.7 Å². The molecule has 0 bridgehead atoms. The summed E-state index contributed by atoms with van der Waals surface area (Å²) in [6, 6.07) is 13.9. The van der Waals surface area contributed by atoms with Crippen LogP contribution in [0.4, 0.5) is 4.39 Å². The van der Waals surface area contributed by atoms with E-state index in [-0.39, 0.29) is 5.82 Å². The van der Waals surface area contributed by atoms with Gasteiger partial charge in [-0.25, -0.2) is 4.39 Å². The summed E-state index contributed by atoms with van der Waals surface area (Å²) in [6.45, 7) is 0. The molecule has 5 heteroatoms. The summed E-state index contributed by atoms with van der Waals surface area (Å²) in [6.07, 6.45) is 0. The number of H-pyrrole nitrogens is 1. The van der Waals surface area contributed by atoms with Crippen LogP contribution in [0.15, 0.2) is 48.5 Å². The van der Waals surface area contributed by atoms with Gasteiger partial charge < -0.3 is 4.98 Å². The maximum absolute atomic E-state index is 13.0. The number of thiazole rings is 1. The first-order valence-electron chi connectivity index (χ1n) is 5.88. The van der Waals surface area contributed by atoms with Gasteiger partial charge in [0.1, 0.15) is 5.82 Å². The van der Waals surface area contributed by atoms with Gasteiger partial charge in [0.15, 0.2) is 3.95 Å². The number of aromatic nitrogens is 1. The first-order chi connectivity index (χ1) is 9.63. The summed E-state index contributed by atoms with van der Waals surface area (Å²) in [7, 11) is 0. The predicted molar refractivity (Wildman–Crippen MR) is 85.3 cm³/mol. The predicted octanol–water partition coefficient (Wildman–Crippen LogP) is 5.93. The van der Waals surface area contributed by atoms with Gasteiger partial charge in [-0.15, -0.1) is 11.3 Å². The van der Waals surface area contributed by atoms with Crippen LogP contribution in [0.1, 0.15) is 0 Å². The molecule has 0 unspecified atom stereocenters. The first-order valence-corrected chi connectivity index (χ1v) is 7.49. The molecule has 0 amide bonds. The van der Waals surface area contributed by atoms with E-state index in [0.29, 0.717) is 8.98 Å². The molecule has 0 aliphatic heterocycles. The molecule has 0 aliphatic rings. The molecule has 3 rings (SSSR count). The maximum atomic E-state index is 13.0. The van der Waals surface area contributed by atoms with Gasteiger partial charge in [0.05, 0.1) is 10.6 Å². The topological polar surface area (TPSA) is 15.8 Å². The lowest BCUT2D eigenvalue weighted by Crippen LogP contribution is -1.83. The fraction of sp³-hybridized carbons (Fsp3) is 0. The summed E-state index contributed by atoms with van der Waals surface area (Å²) >= 11 is 12.6. The Labute approximate surface area is 129 Å². The van der Waals surface area contributed by atoms with E-state index in [2.05, 4.69) is 4.98 Å². The van der Waals surface area contributed by atoms with Crippen molar-refractivity contribution < 1.29 is 4.39 Å². The number of aromatic amines is 1. The van der Waals surface area contributed by atoms with Crippen LogP contribution < -0.4 is 0 Å². The Bertz CT molecular complexity index is 722. The van der Waals surface area contributed by atoms with Crippen molar-refractivity contribution in [2.24, 2.45) is 0 Å². The fourth-order valence-electron chi connectivity index (χ4n) is 1.95. The van der Waals surface area contributed by atoms with E-state index >= 15 is 0 Å². The zero-order chi connectivity index (χ0) is 14.1. The quantitative estimate of drug-likeness (QED) is 0.578. The lowest BCUT2D eigenvalue weighted by Gasteiger charge is -2.04. The van der Waals surface area contributed by atoms with E-state index in [0.717, 1.165) is 21.7 Å². The van der Waals surface area contributed by atoms with Crippen LogP contribution in [0.2, 0.25) is 5.02 Å². The molecule has 100 valence electrons. The molecule has 0 spiro atoms. The molecular formula is C15H9ClFNS2. The van der Waals surface area contributed by atoms with Gasteiger partial charge in [-0.1, -0.05) is 23.7 Å². The number of rotatable bonds is 2.